The van der Waals surface area contributed by atoms with Crippen molar-refractivity contribution in [2.45, 2.75) is 26.3 Å². The van der Waals surface area contributed by atoms with Crippen LogP contribution < -0.4 is 20.3 Å². The third-order valence-electron chi connectivity index (χ3n) is 6.26. The van der Waals surface area contributed by atoms with E-state index in [0.29, 0.717) is 42.3 Å². The summed E-state index contributed by atoms with van der Waals surface area (Å²) in [5.41, 5.74) is 5.04. The molecule has 0 unspecified atom stereocenters. The van der Waals surface area contributed by atoms with Crippen LogP contribution in [0.1, 0.15) is 45.2 Å². The number of rotatable bonds is 10. The highest BCUT2D eigenvalue weighted by Gasteiger charge is 2.22. The van der Waals surface area contributed by atoms with Crippen LogP contribution in [0.25, 0.3) is 0 Å². The minimum atomic E-state index is -0.267. The first kappa shape index (κ1) is 25.3. The van der Waals surface area contributed by atoms with Crippen LogP contribution in [-0.2, 0) is 17.7 Å². The quantitative estimate of drug-likeness (QED) is 0.407. The first-order chi connectivity index (χ1) is 17.6. The van der Waals surface area contributed by atoms with Gasteiger partial charge in [-0.05, 0) is 67.3 Å². The number of anilines is 2. The molecule has 188 valence electrons. The Hall–Kier alpha value is -3.84. The summed E-state index contributed by atoms with van der Waals surface area (Å²) < 4.78 is 10.6. The molecule has 0 bridgehead atoms. The number of hydrogen-bond donors (Lipinski definition) is 2. The summed E-state index contributed by atoms with van der Waals surface area (Å²) in [6.07, 6.45) is 1.65. The summed E-state index contributed by atoms with van der Waals surface area (Å²) in [7, 11) is 1.56. The van der Waals surface area contributed by atoms with E-state index in [1.54, 1.807) is 37.4 Å². The number of benzene rings is 3. The lowest BCUT2D eigenvalue weighted by Gasteiger charge is -2.32. The summed E-state index contributed by atoms with van der Waals surface area (Å²) in [6.45, 7) is 5.27. The van der Waals surface area contributed by atoms with Crippen molar-refractivity contribution >= 4 is 23.2 Å². The number of carbonyl (C=O) groups excluding carboxylic acids is 2. The summed E-state index contributed by atoms with van der Waals surface area (Å²) in [5, 5.41) is 5.93. The molecule has 0 aliphatic carbocycles. The molecular weight excluding hydrogens is 454 g/mol. The van der Waals surface area contributed by atoms with E-state index < -0.39 is 0 Å². The van der Waals surface area contributed by atoms with Gasteiger partial charge in [0.05, 0.1) is 12.7 Å². The summed E-state index contributed by atoms with van der Waals surface area (Å²) in [6, 6.07) is 20.9. The number of nitrogens with zero attached hydrogens (tertiary/aromatic N) is 1. The molecule has 0 fully saturated rings. The van der Waals surface area contributed by atoms with Gasteiger partial charge in [0.25, 0.3) is 11.8 Å². The Labute approximate surface area is 212 Å². The first-order valence-corrected chi connectivity index (χ1v) is 12.4. The van der Waals surface area contributed by atoms with Gasteiger partial charge in [0.2, 0.25) is 0 Å². The molecule has 0 aromatic heterocycles. The van der Waals surface area contributed by atoms with Gasteiger partial charge in [0, 0.05) is 49.8 Å². The Morgan fingerprint density at radius 1 is 0.972 bits per heavy atom. The number of hydrogen-bond acceptors (Lipinski definition) is 5. The maximum absolute atomic E-state index is 13.3. The van der Waals surface area contributed by atoms with E-state index in [-0.39, 0.29) is 11.8 Å². The highest BCUT2D eigenvalue weighted by atomic mass is 16.5. The Kier molecular flexibility index (Phi) is 8.57. The fourth-order valence-corrected chi connectivity index (χ4v) is 4.36. The predicted molar refractivity (Wildman–Crippen MR) is 142 cm³/mol. The number of methoxy groups -OCH3 is 1. The van der Waals surface area contributed by atoms with Gasteiger partial charge in [-0.1, -0.05) is 30.3 Å². The largest absolute Gasteiger partial charge is 0.497 e. The number of carbonyl (C=O) groups is 2. The van der Waals surface area contributed by atoms with Crippen molar-refractivity contribution in [3.05, 3.63) is 89.0 Å². The smallest absolute Gasteiger partial charge is 0.255 e. The molecule has 1 aliphatic rings. The Balaban J connectivity index is 1.56. The van der Waals surface area contributed by atoms with Crippen LogP contribution in [0, 0.1) is 0 Å². The third-order valence-corrected chi connectivity index (χ3v) is 6.26. The minimum Gasteiger partial charge on any atom is -0.497 e. The van der Waals surface area contributed by atoms with Gasteiger partial charge in [-0.2, -0.15) is 0 Å². The van der Waals surface area contributed by atoms with Gasteiger partial charge in [0.1, 0.15) is 5.75 Å². The second-order valence-corrected chi connectivity index (χ2v) is 8.66. The van der Waals surface area contributed by atoms with Crippen LogP contribution >= 0.6 is 0 Å². The van der Waals surface area contributed by atoms with E-state index in [4.69, 9.17) is 9.47 Å². The highest BCUT2D eigenvalue weighted by molar-refractivity contribution is 6.06. The molecule has 2 amide bonds. The van der Waals surface area contributed by atoms with Crippen molar-refractivity contribution in [2.75, 3.05) is 43.6 Å². The van der Waals surface area contributed by atoms with E-state index in [1.165, 1.54) is 11.1 Å². The molecule has 0 radical (unpaired) electrons. The van der Waals surface area contributed by atoms with Gasteiger partial charge in [0.15, 0.2) is 0 Å². The number of nitrogens with one attached hydrogen (secondary N) is 2. The summed E-state index contributed by atoms with van der Waals surface area (Å²) in [4.78, 5) is 28.4. The van der Waals surface area contributed by atoms with E-state index >= 15 is 0 Å². The Morgan fingerprint density at radius 2 is 1.81 bits per heavy atom. The normalized spacial score (nSPS) is 12.6. The minimum absolute atomic E-state index is 0.169. The van der Waals surface area contributed by atoms with E-state index in [0.717, 1.165) is 31.6 Å². The molecule has 3 aromatic carbocycles. The van der Waals surface area contributed by atoms with Gasteiger partial charge < -0.3 is 25.0 Å². The van der Waals surface area contributed by atoms with Gasteiger partial charge in [-0.25, -0.2) is 0 Å². The molecule has 7 heteroatoms. The van der Waals surface area contributed by atoms with Gasteiger partial charge >= 0.3 is 0 Å². The average Bonchev–Trinajstić information content (AvgIpc) is 2.92. The highest BCUT2D eigenvalue weighted by Crippen LogP contribution is 2.30. The van der Waals surface area contributed by atoms with Gasteiger partial charge in [-0.15, -0.1) is 0 Å². The molecule has 1 aliphatic heterocycles. The zero-order valence-corrected chi connectivity index (χ0v) is 20.9. The van der Waals surface area contributed by atoms with Crippen molar-refractivity contribution in [1.29, 1.82) is 0 Å². The lowest BCUT2D eigenvalue weighted by Crippen LogP contribution is -2.33. The number of ether oxygens (including phenoxy) is 2. The number of fused-ring (bicyclic) bond motifs is 1. The van der Waals surface area contributed by atoms with Crippen molar-refractivity contribution in [3.63, 3.8) is 0 Å². The van der Waals surface area contributed by atoms with Crippen molar-refractivity contribution in [3.8, 4) is 5.75 Å². The molecule has 3 aromatic rings. The molecule has 0 spiro atoms. The predicted octanol–water partition coefficient (Wildman–Crippen LogP) is 4.67. The summed E-state index contributed by atoms with van der Waals surface area (Å²) >= 11 is 0. The van der Waals surface area contributed by atoms with Crippen LogP contribution in [0.15, 0.2) is 66.7 Å². The van der Waals surface area contributed by atoms with E-state index in [2.05, 4.69) is 33.7 Å². The molecule has 7 nitrogen and oxygen atoms in total. The van der Waals surface area contributed by atoms with Crippen molar-refractivity contribution in [2.24, 2.45) is 0 Å². The van der Waals surface area contributed by atoms with E-state index in [1.807, 2.05) is 25.1 Å². The maximum Gasteiger partial charge on any atom is 0.255 e. The molecule has 1 heterocycles. The monoisotopic (exact) mass is 487 g/mol. The topological polar surface area (TPSA) is 79.9 Å². The zero-order chi connectivity index (χ0) is 25.3. The summed E-state index contributed by atoms with van der Waals surface area (Å²) in [5.74, 6) is 0.171. The molecular formula is C29H33N3O4. The Bertz CT molecular complexity index is 1210. The average molecular weight is 488 g/mol. The van der Waals surface area contributed by atoms with Crippen LogP contribution in [0.2, 0.25) is 0 Å². The molecule has 4 rings (SSSR count). The van der Waals surface area contributed by atoms with Crippen LogP contribution in [0.3, 0.4) is 0 Å². The van der Waals surface area contributed by atoms with Crippen molar-refractivity contribution in [1.82, 2.24) is 5.32 Å². The Morgan fingerprint density at radius 3 is 2.61 bits per heavy atom. The van der Waals surface area contributed by atoms with Crippen LogP contribution in [0.5, 0.6) is 5.75 Å². The first-order valence-electron chi connectivity index (χ1n) is 12.4. The van der Waals surface area contributed by atoms with E-state index in [9.17, 15) is 9.59 Å². The second kappa shape index (κ2) is 12.2. The number of amides is 2. The molecule has 0 atom stereocenters. The molecule has 36 heavy (non-hydrogen) atoms. The molecule has 0 saturated heterocycles. The lowest BCUT2D eigenvalue weighted by atomic mass is 9.98. The van der Waals surface area contributed by atoms with Crippen LogP contribution in [-0.4, -0.2) is 45.2 Å². The fraction of sp³-hybridized carbons (Fsp3) is 0.310. The SMILES string of the molecule is CCOCCCNC(=O)c1cc(NC(=O)c2cccc(OC)c2)ccc1N1CCc2ccccc2C1. The maximum atomic E-state index is 13.3. The molecule has 2 N–H and O–H groups in total. The zero-order valence-electron chi connectivity index (χ0n) is 20.9. The van der Waals surface area contributed by atoms with Gasteiger partial charge in [-0.3, -0.25) is 9.59 Å². The molecule has 0 saturated carbocycles. The third kappa shape index (κ3) is 6.23. The lowest BCUT2D eigenvalue weighted by molar-refractivity contribution is 0.0943. The standard InChI is InChI=1S/C29H33N3O4/c1-3-36-17-7-15-30-29(34)26-19-24(31-28(33)22-10-6-11-25(18-22)35-2)12-13-27(26)32-16-14-21-8-4-5-9-23(21)20-32/h4-6,8-13,18-19H,3,7,14-17,20H2,1-2H3,(H,30,34)(H,31,33). The van der Waals surface area contributed by atoms with Crippen molar-refractivity contribution < 1.29 is 19.1 Å². The second-order valence-electron chi connectivity index (χ2n) is 8.66. The van der Waals surface area contributed by atoms with Crippen LogP contribution in [0.4, 0.5) is 11.4 Å². The fourth-order valence-electron chi connectivity index (χ4n) is 4.36.